The molecule has 0 amide bonds. The van der Waals surface area contributed by atoms with E-state index in [1.54, 1.807) is 13.2 Å². The van der Waals surface area contributed by atoms with Gasteiger partial charge in [0, 0.05) is 55.3 Å². The second-order valence-corrected chi connectivity index (χ2v) is 6.63. The fourth-order valence-corrected chi connectivity index (χ4v) is 3.39. The molecule has 1 aliphatic carbocycles. The lowest BCUT2D eigenvalue weighted by Gasteiger charge is -2.18. The van der Waals surface area contributed by atoms with Crippen LogP contribution in [0.3, 0.4) is 0 Å². The maximum atomic E-state index is 14.9. The Morgan fingerprint density at radius 1 is 1.42 bits per heavy atom. The van der Waals surface area contributed by atoms with E-state index in [0.29, 0.717) is 5.56 Å². The first-order valence-corrected chi connectivity index (χ1v) is 8.04. The Morgan fingerprint density at radius 3 is 2.81 bits per heavy atom. The molecule has 2 atom stereocenters. The third kappa shape index (κ3) is 2.66. The first-order chi connectivity index (χ1) is 12.2. The van der Waals surface area contributed by atoms with E-state index in [9.17, 15) is 18.3 Å². The number of H-pyrrole nitrogens is 1. The quantitative estimate of drug-likeness (QED) is 0.570. The van der Waals surface area contributed by atoms with Crippen molar-refractivity contribution in [1.29, 1.82) is 0 Å². The summed E-state index contributed by atoms with van der Waals surface area (Å²) >= 11 is 0. The van der Waals surface area contributed by atoms with Crippen LogP contribution in [0.1, 0.15) is 12.8 Å². The SMILES string of the molecule is Cn1cc(-c2nc(NC3CC(F)(F)C[C@@H]3N)c(F)c3c[nH]c(O)c23)cn1. The molecule has 1 aliphatic rings. The van der Waals surface area contributed by atoms with Crippen LogP contribution >= 0.6 is 0 Å². The van der Waals surface area contributed by atoms with Crippen molar-refractivity contribution in [2.45, 2.75) is 30.8 Å². The lowest BCUT2D eigenvalue weighted by molar-refractivity contribution is 0.00734. The van der Waals surface area contributed by atoms with E-state index in [2.05, 4.69) is 20.4 Å². The van der Waals surface area contributed by atoms with Gasteiger partial charge in [0.1, 0.15) is 0 Å². The summed E-state index contributed by atoms with van der Waals surface area (Å²) in [6.45, 7) is 0. The Morgan fingerprint density at radius 2 is 2.19 bits per heavy atom. The third-order valence-corrected chi connectivity index (χ3v) is 4.63. The topological polar surface area (TPSA) is 105 Å². The fraction of sp³-hybridized carbons (Fsp3) is 0.375. The van der Waals surface area contributed by atoms with Crippen molar-refractivity contribution in [1.82, 2.24) is 19.7 Å². The van der Waals surface area contributed by atoms with Gasteiger partial charge in [-0.15, -0.1) is 0 Å². The molecular formula is C16H17F3N6O. The number of fused-ring (bicyclic) bond motifs is 1. The molecule has 138 valence electrons. The predicted octanol–water partition coefficient (Wildman–Crippen LogP) is 2.34. The first-order valence-electron chi connectivity index (χ1n) is 8.04. The summed E-state index contributed by atoms with van der Waals surface area (Å²) < 4.78 is 43.5. The van der Waals surface area contributed by atoms with Crippen LogP contribution in [0.2, 0.25) is 0 Å². The van der Waals surface area contributed by atoms with Crippen molar-refractivity contribution < 1.29 is 18.3 Å². The number of pyridine rings is 1. The summed E-state index contributed by atoms with van der Waals surface area (Å²) in [7, 11) is 1.71. The second-order valence-electron chi connectivity index (χ2n) is 6.63. The van der Waals surface area contributed by atoms with Gasteiger partial charge in [0.25, 0.3) is 5.92 Å². The number of hydrogen-bond acceptors (Lipinski definition) is 5. The molecule has 4 rings (SSSR count). The van der Waals surface area contributed by atoms with Crippen LogP contribution in [-0.2, 0) is 7.05 Å². The number of hydrogen-bond donors (Lipinski definition) is 4. The van der Waals surface area contributed by atoms with E-state index < -0.39 is 36.7 Å². The van der Waals surface area contributed by atoms with E-state index in [1.807, 2.05) is 0 Å². The minimum atomic E-state index is -2.89. The van der Waals surface area contributed by atoms with Gasteiger partial charge in [-0.05, 0) is 0 Å². The maximum Gasteiger partial charge on any atom is 0.251 e. The van der Waals surface area contributed by atoms with E-state index in [0.717, 1.165) is 0 Å². The zero-order chi connectivity index (χ0) is 18.6. The zero-order valence-electron chi connectivity index (χ0n) is 13.8. The van der Waals surface area contributed by atoms with Crippen molar-refractivity contribution >= 4 is 16.6 Å². The lowest BCUT2D eigenvalue weighted by Crippen LogP contribution is -2.35. The molecule has 0 aromatic carbocycles. The van der Waals surface area contributed by atoms with Crippen molar-refractivity contribution in [3.63, 3.8) is 0 Å². The number of nitrogens with one attached hydrogen (secondary N) is 2. The molecule has 3 aromatic heterocycles. The summed E-state index contributed by atoms with van der Waals surface area (Å²) in [5.41, 5.74) is 6.61. The highest BCUT2D eigenvalue weighted by atomic mass is 19.3. The third-order valence-electron chi connectivity index (χ3n) is 4.63. The van der Waals surface area contributed by atoms with Crippen LogP contribution in [-0.4, -0.2) is 42.9 Å². The monoisotopic (exact) mass is 366 g/mol. The normalized spacial score (nSPS) is 22.2. The minimum absolute atomic E-state index is 0.0946. The van der Waals surface area contributed by atoms with Gasteiger partial charge in [-0.25, -0.2) is 18.2 Å². The summed E-state index contributed by atoms with van der Waals surface area (Å²) in [5.74, 6) is -4.06. The van der Waals surface area contributed by atoms with Gasteiger partial charge in [-0.3, -0.25) is 4.68 Å². The van der Waals surface area contributed by atoms with Gasteiger partial charge >= 0.3 is 0 Å². The van der Waals surface area contributed by atoms with Gasteiger partial charge in [-0.2, -0.15) is 5.10 Å². The summed E-state index contributed by atoms with van der Waals surface area (Å²) in [6.07, 6.45) is 3.52. The van der Waals surface area contributed by atoms with Crippen LogP contribution in [0.5, 0.6) is 5.88 Å². The summed E-state index contributed by atoms with van der Waals surface area (Å²) in [4.78, 5) is 6.80. The lowest BCUT2D eigenvalue weighted by atomic mass is 10.1. The van der Waals surface area contributed by atoms with E-state index in [-0.39, 0.29) is 28.2 Å². The molecule has 1 fully saturated rings. The summed E-state index contributed by atoms with van der Waals surface area (Å²) in [6, 6.07) is -1.62. The predicted molar refractivity (Wildman–Crippen MR) is 89.5 cm³/mol. The number of nitrogens with two attached hydrogens (primary N) is 1. The van der Waals surface area contributed by atoms with Crippen molar-refractivity contribution in [2.75, 3.05) is 5.32 Å². The smallest absolute Gasteiger partial charge is 0.251 e. The van der Waals surface area contributed by atoms with Crippen LogP contribution in [0, 0.1) is 5.82 Å². The highest BCUT2D eigenvalue weighted by molar-refractivity contribution is 6.00. The molecule has 7 nitrogen and oxygen atoms in total. The number of alkyl halides is 2. The van der Waals surface area contributed by atoms with Gasteiger partial charge in [-0.1, -0.05) is 0 Å². The van der Waals surface area contributed by atoms with Crippen molar-refractivity contribution in [2.24, 2.45) is 12.8 Å². The molecule has 5 N–H and O–H groups in total. The molecule has 0 bridgehead atoms. The van der Waals surface area contributed by atoms with Crippen LogP contribution in [0.25, 0.3) is 22.0 Å². The Labute approximate surface area is 146 Å². The highest BCUT2D eigenvalue weighted by Gasteiger charge is 2.45. The Hall–Kier alpha value is -2.75. The fourth-order valence-electron chi connectivity index (χ4n) is 3.39. The standard InChI is InChI=1S/C16H17F3N6O/c1-25-6-7(4-22-25)13-11-8(5-21-15(11)26)12(17)14(24-13)23-10-3-16(18,19)2-9(10)20/h4-6,9-10,21,23,26H,2-3,20H2,1H3/t9-,10?/m0/s1. The molecule has 1 unspecified atom stereocenters. The molecule has 26 heavy (non-hydrogen) atoms. The second kappa shape index (κ2) is 5.63. The van der Waals surface area contributed by atoms with Gasteiger partial charge in [0.2, 0.25) is 0 Å². The highest BCUT2D eigenvalue weighted by Crippen LogP contribution is 2.39. The van der Waals surface area contributed by atoms with E-state index in [1.165, 1.54) is 17.1 Å². The average Bonchev–Trinajstić information content (AvgIpc) is 3.21. The number of rotatable bonds is 3. The van der Waals surface area contributed by atoms with Crippen molar-refractivity contribution in [3.05, 3.63) is 24.4 Å². The van der Waals surface area contributed by atoms with Crippen LogP contribution < -0.4 is 11.1 Å². The molecule has 0 spiro atoms. The van der Waals surface area contributed by atoms with Crippen molar-refractivity contribution in [3.8, 4) is 17.1 Å². The average molecular weight is 366 g/mol. The Bertz CT molecular complexity index is 982. The minimum Gasteiger partial charge on any atom is -0.494 e. The number of aromatic hydroxyl groups is 1. The maximum absolute atomic E-state index is 14.9. The largest absolute Gasteiger partial charge is 0.494 e. The number of anilines is 1. The van der Waals surface area contributed by atoms with Gasteiger partial charge in [0.05, 0.1) is 17.3 Å². The van der Waals surface area contributed by atoms with Crippen LogP contribution in [0.15, 0.2) is 18.6 Å². The van der Waals surface area contributed by atoms with Gasteiger partial charge in [0.15, 0.2) is 17.5 Å². The molecule has 0 saturated heterocycles. The number of aryl methyl sites for hydroxylation is 1. The molecule has 3 heterocycles. The zero-order valence-corrected chi connectivity index (χ0v) is 13.8. The molecule has 0 radical (unpaired) electrons. The molecular weight excluding hydrogens is 349 g/mol. The molecule has 3 aromatic rings. The molecule has 1 saturated carbocycles. The Balaban J connectivity index is 1.82. The number of aromatic amines is 1. The number of nitrogens with zero attached hydrogens (tertiary/aromatic N) is 3. The first kappa shape index (κ1) is 16.7. The number of aromatic nitrogens is 4. The Kier molecular flexibility index (Phi) is 3.62. The molecule has 0 aliphatic heterocycles. The number of halogens is 3. The van der Waals surface area contributed by atoms with Gasteiger partial charge < -0.3 is 21.1 Å². The van der Waals surface area contributed by atoms with Crippen LogP contribution in [0.4, 0.5) is 19.0 Å². The van der Waals surface area contributed by atoms with E-state index in [4.69, 9.17) is 5.73 Å². The summed E-state index contributed by atoms with van der Waals surface area (Å²) in [5, 5.41) is 17.1. The molecule has 10 heteroatoms. The van der Waals surface area contributed by atoms with E-state index >= 15 is 0 Å².